The van der Waals surface area contributed by atoms with Gasteiger partial charge in [-0.1, -0.05) is 134 Å². The van der Waals surface area contributed by atoms with E-state index in [9.17, 15) is 0 Å². The number of aryl methyl sites for hydroxylation is 1. The number of fused-ring (bicyclic) bond motifs is 5. The Morgan fingerprint density at radius 2 is 1.59 bits per heavy atom. The Kier molecular flexibility index (Phi) is 10.4. The van der Waals surface area contributed by atoms with Gasteiger partial charge in [0.1, 0.15) is 0 Å². The molecule has 1 aliphatic heterocycles. The maximum absolute atomic E-state index is 5.27. The van der Waals surface area contributed by atoms with Crippen LogP contribution in [0.5, 0.6) is 0 Å². The van der Waals surface area contributed by atoms with Crippen LogP contribution >= 0.6 is 0 Å². The monoisotopic (exact) mass is 750 g/mol. The molecule has 4 heteroatoms. The second-order valence-corrected chi connectivity index (χ2v) is 15.2. The SMILES string of the molecule is C=C/C(=C\C)C1=NC2c3nc(-c4ccc5nc(-c6cccc(/C(C)=N/c7ccccc7/C7=C/C/C=C\C=C/Cc8ccccc87)c6)ccc5c4)ccc3CCC2C=C1. The van der Waals surface area contributed by atoms with Gasteiger partial charge in [0.2, 0.25) is 0 Å². The van der Waals surface area contributed by atoms with E-state index in [0.29, 0.717) is 5.92 Å². The average molecular weight is 751 g/mol. The predicted molar refractivity (Wildman–Crippen MR) is 244 cm³/mol. The van der Waals surface area contributed by atoms with Crippen molar-refractivity contribution < 1.29 is 0 Å². The van der Waals surface area contributed by atoms with Crippen LogP contribution in [0.15, 0.2) is 192 Å². The minimum atomic E-state index is 0.0216. The van der Waals surface area contributed by atoms with Gasteiger partial charge in [-0.15, -0.1) is 0 Å². The highest BCUT2D eigenvalue weighted by molar-refractivity contribution is 6.10. The Balaban J connectivity index is 0.995. The molecule has 282 valence electrons. The van der Waals surface area contributed by atoms with Crippen LogP contribution in [0.2, 0.25) is 0 Å². The molecule has 2 unspecified atom stereocenters. The predicted octanol–water partition coefficient (Wildman–Crippen LogP) is 13.3. The molecule has 0 saturated heterocycles. The standard InChI is InChI=1S/C54H46N4/c1-4-37(5-2)48-30-26-39-24-25-40-27-31-51(58-54(40)53(39)57-48)44-29-33-50-43(35-44)28-32-49(56-50)42-19-15-18-41(34-42)36(3)55-52-23-14-13-22-47(52)46-21-10-8-6-7-9-16-38-17-11-12-20-45(38)46/h4-9,11-15,17-23,26-35,39,53H,1,10,16,24-25H2,2-3H3/b8-6-,9-7-,37-5+,46-21+,55-36+. The lowest BCUT2D eigenvalue weighted by molar-refractivity contribution is 0.443. The largest absolute Gasteiger partial charge is 0.274 e. The van der Waals surface area contributed by atoms with Gasteiger partial charge in [0.15, 0.2) is 0 Å². The van der Waals surface area contributed by atoms with E-state index >= 15 is 0 Å². The number of nitrogens with zero attached hydrogens (tertiary/aromatic N) is 4. The third kappa shape index (κ3) is 7.42. The van der Waals surface area contributed by atoms with E-state index in [0.717, 1.165) is 98.6 Å². The smallest absolute Gasteiger partial charge is 0.0992 e. The highest BCUT2D eigenvalue weighted by Gasteiger charge is 2.32. The van der Waals surface area contributed by atoms with Crippen molar-refractivity contribution >= 4 is 33.6 Å². The molecule has 0 fully saturated rings. The summed E-state index contributed by atoms with van der Waals surface area (Å²) in [7, 11) is 0. The van der Waals surface area contributed by atoms with Gasteiger partial charge in [-0.2, -0.15) is 0 Å². The molecule has 0 N–H and O–H groups in total. The molecule has 3 aliphatic rings. The minimum Gasteiger partial charge on any atom is -0.274 e. The summed E-state index contributed by atoms with van der Waals surface area (Å²) < 4.78 is 0. The van der Waals surface area contributed by atoms with E-state index in [4.69, 9.17) is 20.0 Å². The fraction of sp³-hybridized carbons (Fsp3) is 0.148. The summed E-state index contributed by atoms with van der Waals surface area (Å²) in [5.41, 5.74) is 17.3. The zero-order valence-corrected chi connectivity index (χ0v) is 33.1. The van der Waals surface area contributed by atoms with Gasteiger partial charge in [0, 0.05) is 33.7 Å². The third-order valence-corrected chi connectivity index (χ3v) is 11.6. The molecule has 0 amide bonds. The Morgan fingerprint density at radius 1 is 0.776 bits per heavy atom. The van der Waals surface area contributed by atoms with Crippen LogP contribution in [0.3, 0.4) is 0 Å². The number of benzene rings is 4. The second kappa shape index (κ2) is 16.4. The summed E-state index contributed by atoms with van der Waals surface area (Å²) in [6.07, 6.45) is 23.3. The van der Waals surface area contributed by atoms with Crippen molar-refractivity contribution in [2.45, 2.75) is 45.6 Å². The number of para-hydroxylation sites is 1. The van der Waals surface area contributed by atoms with E-state index in [1.54, 1.807) is 0 Å². The minimum absolute atomic E-state index is 0.0216. The molecule has 2 aliphatic carbocycles. The molecule has 58 heavy (non-hydrogen) atoms. The summed E-state index contributed by atoms with van der Waals surface area (Å²) in [6, 6.07) is 41.0. The number of hydrogen-bond donors (Lipinski definition) is 0. The van der Waals surface area contributed by atoms with Crippen LogP contribution in [-0.2, 0) is 12.8 Å². The van der Waals surface area contributed by atoms with E-state index in [1.165, 1.54) is 22.3 Å². The van der Waals surface area contributed by atoms with E-state index < -0.39 is 0 Å². The summed E-state index contributed by atoms with van der Waals surface area (Å²) in [4.78, 5) is 20.9. The molecular formula is C54H46N4. The summed E-state index contributed by atoms with van der Waals surface area (Å²) in [5, 5.41) is 1.08. The number of hydrogen-bond acceptors (Lipinski definition) is 4. The average Bonchev–Trinajstić information content (AvgIpc) is 3.28. The molecule has 0 radical (unpaired) electrons. The molecule has 6 aromatic rings. The molecule has 0 saturated carbocycles. The molecule has 2 aromatic heterocycles. The van der Waals surface area contributed by atoms with Gasteiger partial charge in [0.25, 0.3) is 0 Å². The van der Waals surface area contributed by atoms with Crippen LogP contribution in [0.4, 0.5) is 5.69 Å². The van der Waals surface area contributed by atoms with Crippen LogP contribution in [0.1, 0.15) is 66.2 Å². The van der Waals surface area contributed by atoms with Crippen molar-refractivity contribution in [2.75, 3.05) is 0 Å². The molecule has 0 bridgehead atoms. The maximum Gasteiger partial charge on any atom is 0.0992 e. The van der Waals surface area contributed by atoms with Gasteiger partial charge in [-0.05, 0) is 115 Å². The number of allylic oxidation sites excluding steroid dienone is 9. The number of aliphatic imine (C=N–C) groups is 2. The summed E-state index contributed by atoms with van der Waals surface area (Å²) >= 11 is 0. The number of dihydropyridines is 1. The van der Waals surface area contributed by atoms with Crippen molar-refractivity contribution in [3.8, 4) is 22.5 Å². The zero-order valence-electron chi connectivity index (χ0n) is 33.1. The fourth-order valence-electron chi connectivity index (χ4n) is 8.46. The topological polar surface area (TPSA) is 50.5 Å². The van der Waals surface area contributed by atoms with Crippen molar-refractivity contribution in [3.05, 3.63) is 216 Å². The Morgan fingerprint density at radius 3 is 2.48 bits per heavy atom. The van der Waals surface area contributed by atoms with Gasteiger partial charge in [-0.3, -0.25) is 15.0 Å². The fourth-order valence-corrected chi connectivity index (χ4v) is 8.46. The molecule has 2 atom stereocenters. The van der Waals surface area contributed by atoms with E-state index in [2.05, 4.69) is 177 Å². The molecule has 9 rings (SSSR count). The first kappa shape index (κ1) is 36.8. The lowest BCUT2D eigenvalue weighted by Crippen LogP contribution is -2.23. The first-order valence-corrected chi connectivity index (χ1v) is 20.4. The molecule has 3 heterocycles. The molecular weight excluding hydrogens is 705 g/mol. The second-order valence-electron chi connectivity index (χ2n) is 15.2. The first-order valence-electron chi connectivity index (χ1n) is 20.4. The zero-order chi connectivity index (χ0) is 39.4. The highest BCUT2D eigenvalue weighted by Crippen LogP contribution is 2.41. The van der Waals surface area contributed by atoms with Crippen LogP contribution in [0.25, 0.3) is 39.0 Å². The van der Waals surface area contributed by atoms with Gasteiger partial charge in [0.05, 0.1) is 40.0 Å². The number of rotatable bonds is 7. The van der Waals surface area contributed by atoms with E-state index in [1.807, 2.05) is 13.0 Å². The van der Waals surface area contributed by atoms with E-state index in [-0.39, 0.29) is 6.04 Å². The molecule has 4 nitrogen and oxygen atoms in total. The lowest BCUT2D eigenvalue weighted by atomic mass is 9.80. The van der Waals surface area contributed by atoms with Crippen molar-refractivity contribution in [1.82, 2.24) is 9.97 Å². The normalized spacial score (nSPS) is 19.8. The summed E-state index contributed by atoms with van der Waals surface area (Å²) in [6.45, 7) is 8.13. The first-order chi connectivity index (χ1) is 28.6. The lowest BCUT2D eigenvalue weighted by Gasteiger charge is -2.31. The maximum atomic E-state index is 5.27. The van der Waals surface area contributed by atoms with Crippen LogP contribution < -0.4 is 0 Å². The Labute approximate surface area is 341 Å². The van der Waals surface area contributed by atoms with Gasteiger partial charge >= 0.3 is 0 Å². The van der Waals surface area contributed by atoms with Crippen molar-refractivity contribution in [1.29, 1.82) is 0 Å². The van der Waals surface area contributed by atoms with Crippen LogP contribution in [0, 0.1) is 5.92 Å². The van der Waals surface area contributed by atoms with Crippen LogP contribution in [-0.4, -0.2) is 21.4 Å². The highest BCUT2D eigenvalue weighted by atomic mass is 14.9. The number of pyridine rings is 2. The Hall–Kier alpha value is -6.78. The molecule has 0 spiro atoms. The number of aromatic nitrogens is 2. The Bertz CT molecular complexity index is 2790. The van der Waals surface area contributed by atoms with Crippen molar-refractivity contribution in [3.63, 3.8) is 0 Å². The summed E-state index contributed by atoms with van der Waals surface area (Å²) in [5.74, 6) is 0.363. The van der Waals surface area contributed by atoms with Gasteiger partial charge < -0.3 is 0 Å². The third-order valence-electron chi connectivity index (χ3n) is 11.6. The molecule has 4 aromatic carbocycles. The van der Waals surface area contributed by atoms with Crippen molar-refractivity contribution in [2.24, 2.45) is 15.9 Å². The van der Waals surface area contributed by atoms with Gasteiger partial charge in [-0.25, -0.2) is 4.98 Å². The quantitative estimate of drug-likeness (QED) is 0.120.